The fraction of sp³-hybridized carbons (Fsp3) is 0.450. The van der Waals surface area contributed by atoms with Crippen LogP contribution in [0.2, 0.25) is 0 Å². The number of carbonyl (C=O) groups is 2. The second-order valence-electron chi connectivity index (χ2n) is 6.81. The van der Waals surface area contributed by atoms with E-state index in [0.717, 1.165) is 36.1 Å². The van der Waals surface area contributed by atoms with Crippen molar-refractivity contribution in [2.45, 2.75) is 26.3 Å². The van der Waals surface area contributed by atoms with Gasteiger partial charge in [-0.3, -0.25) is 9.59 Å². The number of fused-ring (bicyclic) bond motifs is 1. The molecule has 1 aliphatic heterocycles. The highest BCUT2D eigenvalue weighted by Crippen LogP contribution is 2.18. The number of likely N-dealkylation sites (tertiary alicyclic amines) is 1. The molecule has 0 atom stereocenters. The van der Waals surface area contributed by atoms with Crippen LogP contribution in [0.4, 0.5) is 0 Å². The Hall–Kier alpha value is -1.86. The maximum atomic E-state index is 12.3. The molecule has 0 spiro atoms. The summed E-state index contributed by atoms with van der Waals surface area (Å²) in [6.07, 6.45) is 3.94. The minimum atomic E-state index is -0.204. The number of piperidine rings is 1. The third kappa shape index (κ3) is 5.11. The Morgan fingerprint density at radius 1 is 1.30 bits per heavy atom. The molecule has 5 nitrogen and oxygen atoms in total. The Kier molecular flexibility index (Phi) is 6.90. The lowest BCUT2D eigenvalue weighted by molar-refractivity contribution is -0.129. The zero-order valence-electron chi connectivity index (χ0n) is 15.6. The Morgan fingerprint density at radius 3 is 2.78 bits per heavy atom. The number of para-hydroxylation sites is 1. The molecule has 144 valence electrons. The van der Waals surface area contributed by atoms with Gasteiger partial charge < -0.3 is 9.47 Å². The number of hydrogen-bond acceptors (Lipinski definition) is 4. The molecule has 1 aromatic carbocycles. The summed E-state index contributed by atoms with van der Waals surface area (Å²) >= 11 is 2.85. The standard InChI is InChI=1S/C20H25N3O2S2/c1-3-10-23-16-6-4-5-7-17(16)27-20(23)21-18(24)13-26-14-19(25)22-11-8-15(2)9-12-22/h3-7,15H,1,8-14H2,2H3. The average Bonchev–Trinajstić information content (AvgIpc) is 3.00. The highest BCUT2D eigenvalue weighted by molar-refractivity contribution is 8.00. The molecule has 7 heteroatoms. The van der Waals surface area contributed by atoms with Gasteiger partial charge in [0.25, 0.3) is 5.91 Å². The second-order valence-corrected chi connectivity index (χ2v) is 8.81. The van der Waals surface area contributed by atoms with Gasteiger partial charge in [-0.05, 0) is 30.9 Å². The zero-order valence-corrected chi connectivity index (χ0v) is 17.2. The Balaban J connectivity index is 1.60. The van der Waals surface area contributed by atoms with Gasteiger partial charge in [0.2, 0.25) is 5.91 Å². The molecule has 0 saturated carbocycles. The number of allylic oxidation sites excluding steroid dienone is 1. The minimum Gasteiger partial charge on any atom is -0.342 e. The van der Waals surface area contributed by atoms with Gasteiger partial charge in [0.1, 0.15) is 0 Å². The van der Waals surface area contributed by atoms with Gasteiger partial charge in [0, 0.05) is 19.6 Å². The van der Waals surface area contributed by atoms with Crippen LogP contribution >= 0.6 is 23.1 Å². The average molecular weight is 404 g/mol. The number of hydrogen-bond donors (Lipinski definition) is 0. The first-order chi connectivity index (χ1) is 13.1. The van der Waals surface area contributed by atoms with E-state index < -0.39 is 0 Å². The van der Waals surface area contributed by atoms with E-state index in [4.69, 9.17) is 0 Å². The largest absolute Gasteiger partial charge is 0.342 e. The first-order valence-corrected chi connectivity index (χ1v) is 11.2. The summed E-state index contributed by atoms with van der Waals surface area (Å²) in [6.45, 7) is 8.29. The van der Waals surface area contributed by atoms with E-state index in [9.17, 15) is 9.59 Å². The zero-order chi connectivity index (χ0) is 19.2. The van der Waals surface area contributed by atoms with Gasteiger partial charge in [0.05, 0.1) is 21.7 Å². The topological polar surface area (TPSA) is 54.7 Å². The molecule has 2 heterocycles. The number of rotatable bonds is 6. The summed E-state index contributed by atoms with van der Waals surface area (Å²) < 4.78 is 3.09. The fourth-order valence-corrected chi connectivity index (χ4v) is 4.88. The summed E-state index contributed by atoms with van der Waals surface area (Å²) in [4.78, 5) is 31.4. The third-order valence-electron chi connectivity index (χ3n) is 4.71. The predicted octanol–water partition coefficient (Wildman–Crippen LogP) is 3.31. The summed E-state index contributed by atoms with van der Waals surface area (Å²) in [5, 5.41) is 0. The van der Waals surface area contributed by atoms with Crippen LogP contribution in [0.15, 0.2) is 41.9 Å². The summed E-state index contributed by atoms with van der Waals surface area (Å²) in [5.74, 6) is 1.19. The lowest BCUT2D eigenvalue weighted by atomic mass is 9.99. The molecular formula is C20H25N3O2S2. The van der Waals surface area contributed by atoms with Crippen molar-refractivity contribution in [3.8, 4) is 0 Å². The molecular weight excluding hydrogens is 378 g/mol. The molecule has 1 aromatic heterocycles. The molecule has 0 radical (unpaired) electrons. The maximum Gasteiger partial charge on any atom is 0.258 e. The van der Waals surface area contributed by atoms with Crippen LogP contribution in [0.1, 0.15) is 19.8 Å². The van der Waals surface area contributed by atoms with Crippen LogP contribution in [-0.4, -0.2) is 45.9 Å². The quantitative estimate of drug-likeness (QED) is 0.696. The molecule has 1 aliphatic rings. The Bertz CT molecular complexity index is 892. The molecule has 2 amide bonds. The van der Waals surface area contributed by atoms with E-state index in [-0.39, 0.29) is 17.6 Å². The van der Waals surface area contributed by atoms with Crippen molar-refractivity contribution in [3.05, 3.63) is 41.7 Å². The van der Waals surface area contributed by atoms with Crippen LogP contribution < -0.4 is 4.80 Å². The SMILES string of the molecule is C=CCn1c(=NC(=O)CSCC(=O)N2CCC(C)CC2)sc2ccccc21. The molecule has 1 fully saturated rings. The van der Waals surface area contributed by atoms with E-state index in [1.165, 1.54) is 23.1 Å². The predicted molar refractivity (Wildman–Crippen MR) is 113 cm³/mol. The van der Waals surface area contributed by atoms with E-state index in [1.54, 1.807) is 6.08 Å². The van der Waals surface area contributed by atoms with Crippen LogP contribution in [0, 0.1) is 5.92 Å². The van der Waals surface area contributed by atoms with Gasteiger partial charge >= 0.3 is 0 Å². The lowest BCUT2D eigenvalue weighted by Gasteiger charge is -2.30. The summed E-state index contributed by atoms with van der Waals surface area (Å²) in [5.41, 5.74) is 1.05. The molecule has 27 heavy (non-hydrogen) atoms. The minimum absolute atomic E-state index is 0.128. The molecule has 0 aliphatic carbocycles. The highest BCUT2D eigenvalue weighted by atomic mass is 32.2. The second kappa shape index (κ2) is 9.37. The number of carbonyl (C=O) groups excluding carboxylic acids is 2. The smallest absolute Gasteiger partial charge is 0.258 e. The fourth-order valence-electron chi connectivity index (χ4n) is 3.13. The number of nitrogens with zero attached hydrogens (tertiary/aromatic N) is 3. The van der Waals surface area contributed by atoms with E-state index >= 15 is 0 Å². The normalized spacial score (nSPS) is 16.0. The van der Waals surface area contributed by atoms with Crippen LogP contribution in [0.3, 0.4) is 0 Å². The molecule has 0 unspecified atom stereocenters. The summed E-state index contributed by atoms with van der Waals surface area (Å²) in [6, 6.07) is 8.00. The van der Waals surface area contributed by atoms with E-state index in [1.807, 2.05) is 33.7 Å². The lowest BCUT2D eigenvalue weighted by Crippen LogP contribution is -2.39. The van der Waals surface area contributed by atoms with Crippen molar-refractivity contribution in [2.75, 3.05) is 24.6 Å². The number of amides is 2. The van der Waals surface area contributed by atoms with Gasteiger partial charge in [-0.15, -0.1) is 18.3 Å². The molecule has 0 N–H and O–H groups in total. The monoisotopic (exact) mass is 403 g/mol. The van der Waals surface area contributed by atoms with Gasteiger partial charge in [0.15, 0.2) is 4.80 Å². The van der Waals surface area contributed by atoms with Crippen molar-refractivity contribution in [2.24, 2.45) is 10.9 Å². The first-order valence-electron chi connectivity index (χ1n) is 9.21. The summed E-state index contributed by atoms with van der Waals surface area (Å²) in [7, 11) is 0. The van der Waals surface area contributed by atoms with Crippen molar-refractivity contribution >= 4 is 45.1 Å². The van der Waals surface area contributed by atoms with Gasteiger partial charge in [-0.1, -0.05) is 36.5 Å². The van der Waals surface area contributed by atoms with E-state index in [2.05, 4.69) is 18.5 Å². The van der Waals surface area contributed by atoms with Crippen molar-refractivity contribution < 1.29 is 9.59 Å². The van der Waals surface area contributed by atoms with Crippen LogP contribution in [-0.2, 0) is 16.1 Å². The molecule has 3 rings (SSSR count). The Morgan fingerprint density at radius 2 is 2.04 bits per heavy atom. The molecule has 1 saturated heterocycles. The third-order valence-corrected chi connectivity index (χ3v) is 6.67. The number of thioether (sulfide) groups is 1. The van der Waals surface area contributed by atoms with E-state index in [0.29, 0.717) is 23.0 Å². The van der Waals surface area contributed by atoms with Crippen LogP contribution in [0.25, 0.3) is 10.2 Å². The van der Waals surface area contributed by atoms with Crippen molar-refractivity contribution in [1.82, 2.24) is 9.47 Å². The van der Waals surface area contributed by atoms with Crippen LogP contribution in [0.5, 0.6) is 0 Å². The molecule has 0 bridgehead atoms. The van der Waals surface area contributed by atoms with Gasteiger partial charge in [-0.25, -0.2) is 0 Å². The van der Waals surface area contributed by atoms with Gasteiger partial charge in [-0.2, -0.15) is 4.99 Å². The number of aromatic nitrogens is 1. The highest BCUT2D eigenvalue weighted by Gasteiger charge is 2.20. The Labute approximate surface area is 167 Å². The number of thiazole rings is 1. The maximum absolute atomic E-state index is 12.3. The number of benzene rings is 1. The van der Waals surface area contributed by atoms with Crippen molar-refractivity contribution in [3.63, 3.8) is 0 Å². The molecule has 2 aromatic rings. The van der Waals surface area contributed by atoms with Crippen molar-refractivity contribution in [1.29, 1.82) is 0 Å². The first kappa shape index (κ1) is 19.9.